The van der Waals surface area contributed by atoms with Crippen LogP contribution in [0.5, 0.6) is 0 Å². The molecule has 102 valence electrons. The Hall–Kier alpha value is -1.05. The Balaban J connectivity index is 2.03. The summed E-state index contributed by atoms with van der Waals surface area (Å²) >= 11 is 0. The molecule has 1 aliphatic heterocycles. The van der Waals surface area contributed by atoms with Gasteiger partial charge in [-0.3, -0.25) is 0 Å². The van der Waals surface area contributed by atoms with Crippen molar-refractivity contribution in [1.82, 2.24) is 25.5 Å². The van der Waals surface area contributed by atoms with E-state index in [-0.39, 0.29) is 11.6 Å². The van der Waals surface area contributed by atoms with Gasteiger partial charge >= 0.3 is 0 Å². The van der Waals surface area contributed by atoms with Gasteiger partial charge in [-0.1, -0.05) is 0 Å². The Kier molecular flexibility index (Phi) is 4.26. The van der Waals surface area contributed by atoms with Gasteiger partial charge in [-0.25, -0.2) is 4.68 Å². The summed E-state index contributed by atoms with van der Waals surface area (Å²) in [5, 5.41) is 15.2. The average molecular weight is 255 g/mol. The summed E-state index contributed by atoms with van der Waals surface area (Å²) in [5.41, 5.74) is -0.151. The number of tetrazole rings is 1. The lowest BCUT2D eigenvalue weighted by Crippen LogP contribution is -2.39. The summed E-state index contributed by atoms with van der Waals surface area (Å²) in [7, 11) is 1.68. The van der Waals surface area contributed by atoms with Gasteiger partial charge in [-0.05, 0) is 30.7 Å². The molecule has 0 bridgehead atoms. The number of methoxy groups -OCH3 is 1. The Morgan fingerprint density at radius 2 is 2.44 bits per heavy atom. The van der Waals surface area contributed by atoms with E-state index in [2.05, 4.69) is 34.7 Å². The maximum atomic E-state index is 5.63. The highest BCUT2D eigenvalue weighted by atomic mass is 16.5. The molecule has 1 saturated heterocycles. The maximum absolute atomic E-state index is 5.63. The fourth-order valence-electron chi connectivity index (χ4n) is 2.19. The van der Waals surface area contributed by atoms with Gasteiger partial charge in [0.25, 0.3) is 0 Å². The van der Waals surface area contributed by atoms with Gasteiger partial charge < -0.3 is 14.8 Å². The Morgan fingerprint density at radius 3 is 3.11 bits per heavy atom. The van der Waals surface area contributed by atoms with Crippen molar-refractivity contribution < 1.29 is 9.47 Å². The predicted molar refractivity (Wildman–Crippen MR) is 65.1 cm³/mol. The van der Waals surface area contributed by atoms with E-state index in [4.69, 9.17) is 9.47 Å². The Morgan fingerprint density at radius 1 is 1.61 bits per heavy atom. The molecule has 1 fully saturated rings. The van der Waals surface area contributed by atoms with E-state index in [1.165, 1.54) is 0 Å². The van der Waals surface area contributed by atoms with Crippen LogP contribution >= 0.6 is 0 Å². The molecule has 0 radical (unpaired) electrons. The van der Waals surface area contributed by atoms with Crippen LogP contribution in [0.4, 0.5) is 0 Å². The molecule has 0 amide bonds. The SMILES string of the molecule is COCCNCc1nnnn1C1(C)CCOC1C. The molecule has 2 rings (SSSR count). The van der Waals surface area contributed by atoms with Crippen molar-refractivity contribution >= 4 is 0 Å². The zero-order chi connectivity index (χ0) is 13.0. The second kappa shape index (κ2) is 5.73. The van der Waals surface area contributed by atoms with E-state index >= 15 is 0 Å². The molecule has 1 aromatic heterocycles. The van der Waals surface area contributed by atoms with Crippen molar-refractivity contribution in [3.05, 3.63) is 5.82 Å². The highest BCUT2D eigenvalue weighted by Gasteiger charge is 2.41. The molecule has 7 heteroatoms. The third kappa shape index (κ3) is 2.52. The molecule has 1 N–H and O–H groups in total. The third-order valence-electron chi connectivity index (χ3n) is 3.64. The van der Waals surface area contributed by atoms with Crippen LogP contribution in [0.3, 0.4) is 0 Å². The molecule has 0 saturated carbocycles. The summed E-state index contributed by atoms with van der Waals surface area (Å²) in [4.78, 5) is 0. The number of nitrogens with zero attached hydrogens (tertiary/aromatic N) is 4. The second-order valence-electron chi connectivity index (χ2n) is 4.80. The van der Waals surface area contributed by atoms with Gasteiger partial charge in [-0.15, -0.1) is 5.10 Å². The molecule has 18 heavy (non-hydrogen) atoms. The maximum Gasteiger partial charge on any atom is 0.165 e. The van der Waals surface area contributed by atoms with E-state index < -0.39 is 0 Å². The topological polar surface area (TPSA) is 74.1 Å². The molecule has 7 nitrogen and oxygen atoms in total. The first-order valence-corrected chi connectivity index (χ1v) is 6.27. The van der Waals surface area contributed by atoms with Crippen LogP contribution in [0.25, 0.3) is 0 Å². The number of nitrogens with one attached hydrogen (secondary N) is 1. The third-order valence-corrected chi connectivity index (χ3v) is 3.64. The van der Waals surface area contributed by atoms with Crippen LogP contribution in [0.1, 0.15) is 26.1 Å². The number of hydrogen-bond acceptors (Lipinski definition) is 6. The minimum absolute atomic E-state index is 0.124. The van der Waals surface area contributed by atoms with Crippen molar-refractivity contribution in [3.8, 4) is 0 Å². The second-order valence-corrected chi connectivity index (χ2v) is 4.80. The number of aromatic nitrogens is 4. The first kappa shape index (κ1) is 13.4. The fraction of sp³-hybridized carbons (Fsp3) is 0.909. The first-order chi connectivity index (χ1) is 8.68. The van der Waals surface area contributed by atoms with Gasteiger partial charge in [0.1, 0.15) is 0 Å². The van der Waals surface area contributed by atoms with Gasteiger partial charge in [0.05, 0.1) is 24.8 Å². The van der Waals surface area contributed by atoms with Crippen molar-refractivity contribution in [2.45, 2.75) is 38.5 Å². The molecule has 0 aromatic carbocycles. The molecule has 2 heterocycles. The lowest BCUT2D eigenvalue weighted by atomic mass is 9.95. The van der Waals surface area contributed by atoms with Gasteiger partial charge in [0.15, 0.2) is 5.82 Å². The van der Waals surface area contributed by atoms with E-state index in [0.29, 0.717) is 13.2 Å². The van der Waals surface area contributed by atoms with Crippen LogP contribution in [0, 0.1) is 0 Å². The molecular formula is C11H21N5O2. The highest BCUT2D eigenvalue weighted by Crippen LogP contribution is 2.32. The summed E-state index contributed by atoms with van der Waals surface area (Å²) in [5.74, 6) is 0.839. The number of hydrogen-bond donors (Lipinski definition) is 1. The van der Waals surface area contributed by atoms with E-state index in [1.54, 1.807) is 7.11 Å². The summed E-state index contributed by atoms with van der Waals surface area (Å²) in [6.07, 6.45) is 1.06. The van der Waals surface area contributed by atoms with Crippen LogP contribution in [-0.2, 0) is 21.6 Å². The molecule has 1 aromatic rings. The summed E-state index contributed by atoms with van der Waals surface area (Å²) in [6.45, 7) is 7.06. The van der Waals surface area contributed by atoms with Crippen molar-refractivity contribution in [2.75, 3.05) is 26.9 Å². The fourth-order valence-corrected chi connectivity index (χ4v) is 2.19. The van der Waals surface area contributed by atoms with E-state index in [1.807, 2.05) is 4.68 Å². The minimum Gasteiger partial charge on any atom is -0.383 e. The van der Waals surface area contributed by atoms with Crippen LogP contribution < -0.4 is 5.32 Å². The summed E-state index contributed by atoms with van der Waals surface area (Å²) < 4.78 is 12.5. The highest BCUT2D eigenvalue weighted by molar-refractivity contribution is 4.96. The molecule has 0 aliphatic carbocycles. The number of rotatable bonds is 6. The lowest BCUT2D eigenvalue weighted by molar-refractivity contribution is 0.0682. The first-order valence-electron chi connectivity index (χ1n) is 6.27. The van der Waals surface area contributed by atoms with Gasteiger partial charge in [0.2, 0.25) is 0 Å². The van der Waals surface area contributed by atoms with Gasteiger partial charge in [-0.2, -0.15) is 0 Å². The average Bonchev–Trinajstić information content (AvgIpc) is 2.94. The van der Waals surface area contributed by atoms with E-state index in [9.17, 15) is 0 Å². The Labute approximate surface area is 107 Å². The van der Waals surface area contributed by atoms with Crippen LogP contribution in [0.15, 0.2) is 0 Å². The lowest BCUT2D eigenvalue weighted by Gasteiger charge is -2.28. The Bertz CT molecular complexity index is 383. The predicted octanol–water partition coefficient (Wildman–Crippen LogP) is -0.0669. The molecular weight excluding hydrogens is 234 g/mol. The zero-order valence-corrected chi connectivity index (χ0v) is 11.2. The van der Waals surface area contributed by atoms with Gasteiger partial charge in [0, 0.05) is 20.3 Å². The van der Waals surface area contributed by atoms with Crippen molar-refractivity contribution in [1.29, 1.82) is 0 Å². The molecule has 2 atom stereocenters. The smallest absolute Gasteiger partial charge is 0.165 e. The van der Waals surface area contributed by atoms with E-state index in [0.717, 1.165) is 25.4 Å². The molecule has 2 unspecified atom stereocenters. The number of ether oxygens (including phenoxy) is 2. The molecule has 1 aliphatic rings. The summed E-state index contributed by atoms with van der Waals surface area (Å²) in [6, 6.07) is 0. The van der Waals surface area contributed by atoms with Crippen molar-refractivity contribution in [2.24, 2.45) is 0 Å². The standard InChI is InChI=1S/C11H21N5O2/c1-9-11(2,4-6-18-9)16-10(13-14-15-16)8-12-5-7-17-3/h9,12H,4-8H2,1-3H3. The normalized spacial score (nSPS) is 27.8. The molecule has 0 spiro atoms. The monoisotopic (exact) mass is 255 g/mol. The van der Waals surface area contributed by atoms with Crippen LogP contribution in [0.2, 0.25) is 0 Å². The quantitative estimate of drug-likeness (QED) is 0.717. The van der Waals surface area contributed by atoms with Crippen LogP contribution in [-0.4, -0.2) is 53.2 Å². The largest absolute Gasteiger partial charge is 0.383 e. The van der Waals surface area contributed by atoms with Crippen molar-refractivity contribution in [3.63, 3.8) is 0 Å². The zero-order valence-electron chi connectivity index (χ0n) is 11.2. The minimum atomic E-state index is -0.151.